The van der Waals surface area contributed by atoms with Crippen molar-refractivity contribution in [1.82, 2.24) is 0 Å². The van der Waals surface area contributed by atoms with E-state index in [1.165, 1.54) is 24.3 Å². The first-order valence-corrected chi connectivity index (χ1v) is 9.87. The number of hydrogen-bond donors (Lipinski definition) is 2. The lowest BCUT2D eigenvalue weighted by molar-refractivity contribution is 0.102. The molecule has 1 amide bonds. The molecule has 0 aliphatic carbocycles. The van der Waals surface area contributed by atoms with Crippen LogP contribution >= 0.6 is 0 Å². The van der Waals surface area contributed by atoms with Gasteiger partial charge in [0, 0.05) is 11.3 Å². The second kappa shape index (κ2) is 7.94. The van der Waals surface area contributed by atoms with E-state index in [4.69, 9.17) is 5.26 Å². The fourth-order valence-corrected chi connectivity index (χ4v) is 3.70. The lowest BCUT2D eigenvalue weighted by Gasteiger charge is -2.11. The average Bonchev–Trinajstić information content (AvgIpc) is 2.70. The van der Waals surface area contributed by atoms with Gasteiger partial charge in [-0.1, -0.05) is 24.3 Å². The molecule has 3 aromatic rings. The van der Waals surface area contributed by atoms with Gasteiger partial charge in [0.05, 0.1) is 22.2 Å². The number of nitrogens with zero attached hydrogens (tertiary/aromatic N) is 1. The highest BCUT2D eigenvalue weighted by Gasteiger charge is 2.17. The number of aryl methyl sites for hydroxylation is 1. The third-order valence-electron chi connectivity index (χ3n) is 4.07. The van der Waals surface area contributed by atoms with E-state index in [-0.39, 0.29) is 10.5 Å². The monoisotopic (exact) mass is 391 g/mol. The van der Waals surface area contributed by atoms with Crippen LogP contribution in [0, 0.1) is 18.3 Å². The molecule has 0 bridgehead atoms. The van der Waals surface area contributed by atoms with Gasteiger partial charge in [-0.2, -0.15) is 5.26 Å². The number of rotatable bonds is 5. The largest absolute Gasteiger partial charge is 0.322 e. The van der Waals surface area contributed by atoms with E-state index in [9.17, 15) is 13.2 Å². The minimum atomic E-state index is -3.84. The van der Waals surface area contributed by atoms with Crippen molar-refractivity contribution < 1.29 is 13.2 Å². The summed E-state index contributed by atoms with van der Waals surface area (Å²) in [5.41, 5.74) is 2.47. The molecule has 0 atom stereocenters. The molecule has 0 unspecified atom stereocenters. The van der Waals surface area contributed by atoms with Gasteiger partial charge in [-0.05, 0) is 61.0 Å². The highest BCUT2D eigenvalue weighted by molar-refractivity contribution is 7.92. The van der Waals surface area contributed by atoms with Gasteiger partial charge < -0.3 is 5.32 Å². The number of carbonyl (C=O) groups is 1. The highest BCUT2D eigenvalue weighted by Crippen LogP contribution is 2.20. The lowest BCUT2D eigenvalue weighted by Crippen LogP contribution is -2.16. The maximum Gasteiger partial charge on any atom is 0.261 e. The Balaban J connectivity index is 1.81. The Kier molecular flexibility index (Phi) is 5.43. The normalized spacial score (nSPS) is 10.7. The Labute approximate surface area is 163 Å². The van der Waals surface area contributed by atoms with Crippen LogP contribution < -0.4 is 10.0 Å². The summed E-state index contributed by atoms with van der Waals surface area (Å²) in [5.74, 6) is -0.447. The molecular formula is C21H17N3O3S. The summed E-state index contributed by atoms with van der Waals surface area (Å²) in [6.07, 6.45) is 0. The van der Waals surface area contributed by atoms with Crippen molar-refractivity contribution >= 4 is 27.3 Å². The zero-order chi connectivity index (χ0) is 20.1. The molecular weight excluding hydrogens is 374 g/mol. The standard InChI is InChI=1S/C21H17N3O3S/c1-15-5-2-3-8-20(15)24-28(26,27)19-7-4-6-17(13-19)21(25)23-18-11-9-16(14-22)10-12-18/h2-13,24H,1H3,(H,23,25). The van der Waals surface area contributed by atoms with Gasteiger partial charge in [-0.3, -0.25) is 9.52 Å². The molecule has 7 heteroatoms. The van der Waals surface area contributed by atoms with Crippen molar-refractivity contribution in [1.29, 1.82) is 5.26 Å². The first-order valence-electron chi connectivity index (χ1n) is 8.39. The highest BCUT2D eigenvalue weighted by atomic mass is 32.2. The maximum atomic E-state index is 12.7. The Hall–Kier alpha value is -3.63. The second-order valence-corrected chi connectivity index (χ2v) is 7.77. The SMILES string of the molecule is Cc1ccccc1NS(=O)(=O)c1cccc(C(=O)Nc2ccc(C#N)cc2)c1. The van der Waals surface area contributed by atoms with Crippen molar-refractivity contribution in [3.8, 4) is 6.07 Å². The number of amides is 1. The number of benzene rings is 3. The van der Waals surface area contributed by atoms with Crippen molar-refractivity contribution in [3.05, 3.63) is 89.5 Å². The molecule has 0 saturated carbocycles. The molecule has 140 valence electrons. The molecule has 0 fully saturated rings. The van der Waals surface area contributed by atoms with Crippen LogP contribution in [0.5, 0.6) is 0 Å². The minimum Gasteiger partial charge on any atom is -0.322 e. The Morgan fingerprint density at radius 2 is 1.68 bits per heavy atom. The predicted molar refractivity (Wildman–Crippen MR) is 108 cm³/mol. The van der Waals surface area contributed by atoms with Crippen LogP contribution in [0.1, 0.15) is 21.5 Å². The Morgan fingerprint density at radius 1 is 0.964 bits per heavy atom. The number of nitriles is 1. The summed E-state index contributed by atoms with van der Waals surface area (Å²) >= 11 is 0. The van der Waals surface area contributed by atoms with E-state index in [0.717, 1.165) is 5.56 Å². The topological polar surface area (TPSA) is 99.1 Å². The first-order chi connectivity index (χ1) is 13.4. The van der Waals surface area contributed by atoms with Crippen LogP contribution in [-0.4, -0.2) is 14.3 Å². The third kappa shape index (κ3) is 4.37. The fraction of sp³-hybridized carbons (Fsp3) is 0.0476. The zero-order valence-electron chi connectivity index (χ0n) is 15.0. The van der Waals surface area contributed by atoms with E-state index < -0.39 is 15.9 Å². The van der Waals surface area contributed by atoms with Gasteiger partial charge in [-0.25, -0.2) is 8.42 Å². The number of carbonyl (C=O) groups excluding carboxylic acids is 1. The molecule has 2 N–H and O–H groups in total. The van der Waals surface area contributed by atoms with E-state index in [1.54, 1.807) is 49.4 Å². The van der Waals surface area contributed by atoms with Gasteiger partial charge in [0.15, 0.2) is 0 Å². The van der Waals surface area contributed by atoms with Crippen LogP contribution in [0.4, 0.5) is 11.4 Å². The van der Waals surface area contributed by atoms with Gasteiger partial charge >= 0.3 is 0 Å². The minimum absolute atomic E-state index is 0.0109. The summed E-state index contributed by atoms with van der Waals surface area (Å²) in [5, 5.41) is 11.5. The molecule has 0 heterocycles. The molecule has 0 aliphatic rings. The van der Waals surface area contributed by atoms with Crippen LogP contribution in [0.15, 0.2) is 77.7 Å². The average molecular weight is 391 g/mol. The molecule has 3 aromatic carbocycles. The Bertz CT molecular complexity index is 1160. The zero-order valence-corrected chi connectivity index (χ0v) is 15.8. The number of para-hydroxylation sites is 1. The third-order valence-corrected chi connectivity index (χ3v) is 5.43. The molecule has 6 nitrogen and oxygen atoms in total. The van der Waals surface area contributed by atoms with Crippen LogP contribution in [-0.2, 0) is 10.0 Å². The number of anilines is 2. The summed E-state index contributed by atoms with van der Waals surface area (Å²) in [6.45, 7) is 1.80. The Morgan fingerprint density at radius 3 is 2.36 bits per heavy atom. The molecule has 0 spiro atoms. The van der Waals surface area contributed by atoms with E-state index in [1.807, 2.05) is 12.1 Å². The van der Waals surface area contributed by atoms with E-state index in [2.05, 4.69) is 10.0 Å². The quantitative estimate of drug-likeness (QED) is 0.688. The van der Waals surface area contributed by atoms with Crippen molar-refractivity contribution in [3.63, 3.8) is 0 Å². The van der Waals surface area contributed by atoms with E-state index in [0.29, 0.717) is 16.9 Å². The smallest absolute Gasteiger partial charge is 0.261 e. The summed E-state index contributed by atoms with van der Waals surface area (Å²) in [4.78, 5) is 12.5. The predicted octanol–water partition coefficient (Wildman–Crippen LogP) is 3.92. The molecule has 0 aliphatic heterocycles. The van der Waals surface area contributed by atoms with Gasteiger partial charge in [0.2, 0.25) is 0 Å². The van der Waals surface area contributed by atoms with Crippen LogP contribution in [0.25, 0.3) is 0 Å². The molecule has 0 aromatic heterocycles. The fourth-order valence-electron chi connectivity index (χ4n) is 2.53. The molecule has 3 rings (SSSR count). The van der Waals surface area contributed by atoms with Crippen LogP contribution in [0.3, 0.4) is 0 Å². The summed E-state index contributed by atoms with van der Waals surface area (Å²) in [7, 11) is -3.84. The summed E-state index contributed by atoms with van der Waals surface area (Å²) < 4.78 is 27.9. The van der Waals surface area contributed by atoms with Crippen LogP contribution in [0.2, 0.25) is 0 Å². The number of hydrogen-bond acceptors (Lipinski definition) is 4. The first kappa shape index (κ1) is 19.1. The van der Waals surface area contributed by atoms with Crippen molar-refractivity contribution in [2.75, 3.05) is 10.0 Å². The molecule has 28 heavy (non-hydrogen) atoms. The van der Waals surface area contributed by atoms with E-state index >= 15 is 0 Å². The van der Waals surface area contributed by atoms with Gasteiger partial charge in [-0.15, -0.1) is 0 Å². The number of nitrogens with one attached hydrogen (secondary N) is 2. The summed E-state index contributed by atoms with van der Waals surface area (Å²) in [6, 6.07) is 21.2. The van der Waals surface area contributed by atoms with Crippen molar-refractivity contribution in [2.45, 2.75) is 11.8 Å². The molecule has 0 saturated heterocycles. The maximum absolute atomic E-state index is 12.7. The molecule has 0 radical (unpaired) electrons. The van der Waals surface area contributed by atoms with Gasteiger partial charge in [0.25, 0.3) is 15.9 Å². The number of sulfonamides is 1. The van der Waals surface area contributed by atoms with Crippen molar-refractivity contribution in [2.24, 2.45) is 0 Å². The van der Waals surface area contributed by atoms with Gasteiger partial charge in [0.1, 0.15) is 0 Å². The second-order valence-electron chi connectivity index (χ2n) is 6.09. The lowest BCUT2D eigenvalue weighted by atomic mass is 10.2.